The molecular weight excluding hydrogens is 1010 g/mol. The van der Waals surface area contributed by atoms with Crippen LogP contribution in [0.15, 0.2) is 170 Å². The van der Waals surface area contributed by atoms with Crippen LogP contribution in [0.3, 0.4) is 0 Å². The summed E-state index contributed by atoms with van der Waals surface area (Å²) < 4.78 is 39.5. The summed E-state index contributed by atoms with van der Waals surface area (Å²) in [7, 11) is 6.79. The number of fused-ring (bicyclic) bond motifs is 4. The van der Waals surface area contributed by atoms with E-state index >= 15 is 4.79 Å². The largest absolute Gasteiger partial charge is 0.497 e. The van der Waals surface area contributed by atoms with Gasteiger partial charge in [-0.15, -0.1) is 0 Å². The second-order valence-electron chi connectivity index (χ2n) is 19.4. The van der Waals surface area contributed by atoms with Gasteiger partial charge in [-0.1, -0.05) is 133 Å². The number of hydrogen-bond acceptors (Lipinski definition) is 14. The molecule has 18 heteroatoms. The number of alkyl carbamates (subject to hydrolysis) is 1. The summed E-state index contributed by atoms with van der Waals surface area (Å²) in [6.07, 6.45) is -2.75. The smallest absolute Gasteiger partial charge is 0.407 e. The number of anilines is 1. The Morgan fingerprint density at radius 1 is 0.709 bits per heavy atom. The van der Waals surface area contributed by atoms with E-state index in [0.29, 0.717) is 39.6 Å². The number of aromatic nitrogens is 4. The Kier molecular flexibility index (Phi) is 15.9. The summed E-state index contributed by atoms with van der Waals surface area (Å²) in [5, 5.41) is 15.7. The Balaban J connectivity index is 1.05. The van der Waals surface area contributed by atoms with Crippen LogP contribution in [0.1, 0.15) is 58.4 Å². The number of amides is 2. The molecule has 2 aliphatic rings. The lowest BCUT2D eigenvalue weighted by atomic mass is 9.80. The summed E-state index contributed by atoms with van der Waals surface area (Å²) in [5.41, 5.74) is 6.40. The second kappa shape index (κ2) is 23.6. The molecule has 79 heavy (non-hydrogen) atoms. The Bertz CT molecular complexity index is 3340. The summed E-state index contributed by atoms with van der Waals surface area (Å²) in [5.74, 6) is -1.28. The summed E-state index contributed by atoms with van der Waals surface area (Å²) in [6.45, 7) is -0.278. The van der Waals surface area contributed by atoms with Gasteiger partial charge in [0.05, 0.1) is 46.0 Å². The highest BCUT2D eigenvalue weighted by atomic mass is 16.6. The van der Waals surface area contributed by atoms with Crippen molar-refractivity contribution in [3.05, 3.63) is 204 Å². The van der Waals surface area contributed by atoms with Gasteiger partial charge in [0, 0.05) is 26.4 Å². The maximum absolute atomic E-state index is 15.4. The molecule has 404 valence electrons. The highest BCUT2D eigenvalue weighted by Crippen LogP contribution is 2.46. The fourth-order valence-corrected chi connectivity index (χ4v) is 10.6. The van der Waals surface area contributed by atoms with E-state index in [1.807, 2.05) is 172 Å². The zero-order chi connectivity index (χ0) is 55.0. The van der Waals surface area contributed by atoms with Crippen molar-refractivity contribution in [3.8, 4) is 22.6 Å². The third-order valence-corrected chi connectivity index (χ3v) is 14.4. The molecule has 0 saturated carbocycles. The van der Waals surface area contributed by atoms with Crippen molar-refractivity contribution in [2.75, 3.05) is 46.4 Å². The molecule has 3 N–H and O–H groups in total. The number of ether oxygens (including phenoxy) is 6. The minimum Gasteiger partial charge on any atom is -0.497 e. The minimum atomic E-state index is -1.38. The Morgan fingerprint density at radius 2 is 1.29 bits per heavy atom. The predicted octanol–water partition coefficient (Wildman–Crippen LogP) is 8.23. The van der Waals surface area contributed by atoms with Gasteiger partial charge in [0.15, 0.2) is 29.3 Å². The standard InChI is InChI=1S/C61H59N7O11/c1-67(2)56-54-57(63-36-62-56)68(37-64-54)59-55(79-52(71)32-31-51(69)70)53(50(78-59)35-77-61(39-17-9-6-10-18-39,40-23-27-42(74-3)28-24-40)41-25-29-43(75-4)30-26-41)66-58(72)49(33-38-15-7-5-8-16-38)65-60(73)76-34-48-46-21-13-11-19-44(46)45-20-12-14-22-47(45)48/h5-30,36-37,48-50,53,55,59H,31-35H2,1-4H3,(H,65,73)(H,66,72)(H,69,70)/t49-,50+,53+,55+,59+/m0/s1. The minimum absolute atomic E-state index is 0.00499. The summed E-state index contributed by atoms with van der Waals surface area (Å²) >= 11 is 0. The molecular formula is C61H59N7O11. The van der Waals surface area contributed by atoms with Crippen LogP contribution in [0.25, 0.3) is 22.3 Å². The number of rotatable bonds is 21. The molecule has 1 aliphatic heterocycles. The van der Waals surface area contributed by atoms with E-state index in [1.54, 1.807) is 23.7 Å². The van der Waals surface area contributed by atoms with E-state index in [4.69, 9.17) is 28.4 Å². The van der Waals surface area contributed by atoms with E-state index in [1.165, 1.54) is 12.7 Å². The van der Waals surface area contributed by atoms with Crippen LogP contribution in [0.5, 0.6) is 11.5 Å². The molecule has 0 radical (unpaired) electrons. The third kappa shape index (κ3) is 11.2. The van der Waals surface area contributed by atoms with Crippen LogP contribution in [0.4, 0.5) is 10.6 Å². The first-order valence-electron chi connectivity index (χ1n) is 25.8. The fraction of sp³-hybridized carbons (Fsp3) is 0.262. The molecule has 10 rings (SSSR count). The highest BCUT2D eigenvalue weighted by molar-refractivity contribution is 5.87. The Labute approximate surface area is 456 Å². The quantitative estimate of drug-likeness (QED) is 0.0457. The molecule has 6 aromatic carbocycles. The molecule has 0 unspecified atom stereocenters. The number of carbonyl (C=O) groups is 4. The van der Waals surface area contributed by atoms with Crippen LogP contribution in [-0.4, -0.2) is 114 Å². The number of aliphatic carboxylic acids is 1. The van der Waals surface area contributed by atoms with Gasteiger partial charge in [-0.05, 0) is 68.8 Å². The van der Waals surface area contributed by atoms with E-state index in [0.717, 1.165) is 33.4 Å². The molecule has 18 nitrogen and oxygen atoms in total. The number of nitrogens with one attached hydrogen (secondary N) is 2. The van der Waals surface area contributed by atoms with Gasteiger partial charge < -0.3 is 49.1 Å². The van der Waals surface area contributed by atoms with Crippen molar-refractivity contribution in [1.82, 2.24) is 30.2 Å². The van der Waals surface area contributed by atoms with Gasteiger partial charge >= 0.3 is 18.0 Å². The van der Waals surface area contributed by atoms with E-state index in [-0.39, 0.29) is 25.6 Å². The molecule has 2 aromatic heterocycles. The molecule has 1 aliphatic carbocycles. The van der Waals surface area contributed by atoms with Crippen LogP contribution in [-0.2, 0) is 45.4 Å². The number of methoxy groups -OCH3 is 2. The number of carboxylic acid groups (broad SMARTS) is 1. The molecule has 0 spiro atoms. The second-order valence-corrected chi connectivity index (χ2v) is 19.4. The van der Waals surface area contributed by atoms with Crippen LogP contribution in [0, 0.1) is 0 Å². The number of hydrogen-bond donors (Lipinski definition) is 3. The maximum atomic E-state index is 15.4. The third-order valence-electron chi connectivity index (χ3n) is 14.4. The maximum Gasteiger partial charge on any atom is 0.407 e. The fourth-order valence-electron chi connectivity index (χ4n) is 10.6. The number of imidazole rings is 1. The lowest BCUT2D eigenvalue weighted by molar-refractivity contribution is -0.158. The highest BCUT2D eigenvalue weighted by Gasteiger charge is 2.51. The van der Waals surface area contributed by atoms with E-state index in [2.05, 4.69) is 25.6 Å². The van der Waals surface area contributed by atoms with Crippen LogP contribution in [0.2, 0.25) is 0 Å². The molecule has 3 heterocycles. The Morgan fingerprint density at radius 3 is 1.89 bits per heavy atom. The van der Waals surface area contributed by atoms with Crippen molar-refractivity contribution in [1.29, 1.82) is 0 Å². The average molecular weight is 1070 g/mol. The topological polar surface area (TPSA) is 215 Å². The monoisotopic (exact) mass is 1070 g/mol. The van der Waals surface area contributed by atoms with Crippen LogP contribution >= 0.6 is 0 Å². The van der Waals surface area contributed by atoms with Gasteiger partial charge in [0.1, 0.15) is 42.2 Å². The first kappa shape index (κ1) is 53.3. The van der Waals surface area contributed by atoms with Crippen molar-refractivity contribution < 1.29 is 52.7 Å². The SMILES string of the molecule is COc1ccc(C(OC[C@H]2O[C@@H](n3cnc4c(N(C)C)ncnc43)[C@H](OC(=O)CCC(=O)O)[C@@H]2NC(=O)[C@H](Cc2ccccc2)NC(=O)OCC2c3ccccc3-c3ccccc32)(c2ccccc2)c2ccc(OC)cc2)cc1. The van der Waals surface area contributed by atoms with E-state index < -0.39 is 72.9 Å². The van der Waals surface area contributed by atoms with Gasteiger partial charge in [-0.3, -0.25) is 19.0 Å². The molecule has 8 aromatic rings. The van der Waals surface area contributed by atoms with Crippen LogP contribution < -0.4 is 25.0 Å². The number of esters is 1. The van der Waals surface area contributed by atoms with Gasteiger partial charge in [-0.25, -0.2) is 19.7 Å². The predicted molar refractivity (Wildman–Crippen MR) is 293 cm³/mol. The lowest BCUT2D eigenvalue weighted by Crippen LogP contribution is -2.56. The van der Waals surface area contributed by atoms with Gasteiger partial charge in [0.2, 0.25) is 5.91 Å². The molecule has 1 saturated heterocycles. The zero-order valence-corrected chi connectivity index (χ0v) is 43.9. The molecule has 0 bridgehead atoms. The van der Waals surface area contributed by atoms with E-state index in [9.17, 15) is 19.5 Å². The van der Waals surface area contributed by atoms with Crippen molar-refractivity contribution in [3.63, 3.8) is 0 Å². The Hall–Kier alpha value is -9.13. The average Bonchev–Trinajstić information content (AvgIpc) is 4.41. The van der Waals surface area contributed by atoms with Crippen molar-refractivity contribution >= 4 is 40.9 Å². The number of carbonyl (C=O) groups excluding carboxylic acids is 3. The van der Waals surface area contributed by atoms with Gasteiger partial charge in [-0.2, -0.15) is 0 Å². The molecule has 2 amide bonds. The van der Waals surface area contributed by atoms with Crippen molar-refractivity contribution in [2.24, 2.45) is 0 Å². The first-order valence-corrected chi connectivity index (χ1v) is 25.8. The normalized spacial score (nSPS) is 17.0. The van der Waals surface area contributed by atoms with Gasteiger partial charge in [0.25, 0.3) is 0 Å². The number of carboxylic acids is 1. The molecule has 5 atom stereocenters. The first-order chi connectivity index (χ1) is 38.4. The molecule has 1 fully saturated rings. The summed E-state index contributed by atoms with van der Waals surface area (Å²) in [6, 6.07) is 47.3. The van der Waals surface area contributed by atoms with Crippen molar-refractivity contribution in [2.45, 2.75) is 61.3 Å². The zero-order valence-electron chi connectivity index (χ0n) is 43.9. The number of nitrogens with zero attached hydrogens (tertiary/aromatic N) is 5. The number of benzene rings is 6. The lowest BCUT2D eigenvalue weighted by Gasteiger charge is -2.37. The summed E-state index contributed by atoms with van der Waals surface area (Å²) in [4.78, 5) is 70.8.